The van der Waals surface area contributed by atoms with Crippen LogP contribution in [0.2, 0.25) is 5.02 Å². The van der Waals surface area contributed by atoms with Crippen molar-refractivity contribution in [2.24, 2.45) is 10.7 Å². The number of nitrogens with one attached hydrogen (secondary N) is 1. The van der Waals surface area contributed by atoms with Gasteiger partial charge in [0.05, 0.1) is 11.6 Å². The molecule has 0 bridgehead atoms. The Morgan fingerprint density at radius 1 is 1.40 bits per heavy atom. The van der Waals surface area contributed by atoms with Crippen LogP contribution < -0.4 is 11.1 Å². The van der Waals surface area contributed by atoms with Gasteiger partial charge in [-0.05, 0) is 37.1 Å². The van der Waals surface area contributed by atoms with Crippen LogP contribution in [0.1, 0.15) is 23.0 Å². The Morgan fingerprint density at radius 2 is 2.13 bits per heavy atom. The van der Waals surface area contributed by atoms with E-state index in [1.54, 1.807) is 6.92 Å². The molecule has 0 aliphatic heterocycles. The lowest BCUT2D eigenvalue weighted by Gasteiger charge is -2.28. The van der Waals surface area contributed by atoms with Gasteiger partial charge in [0.15, 0.2) is 23.6 Å². The molecule has 2 aromatic rings. The van der Waals surface area contributed by atoms with E-state index in [0.29, 0.717) is 5.02 Å². The molecule has 1 amide bonds. The standard InChI is InChI=1S/C19H20ClF3N4O2S/c1-19(9-29-2,30-18(24)26-10-21)7-11-5-13(6-14(22)16(11)23)27-17(28)15-4-3-12(20)8-25-15/h3-6,8H,7,9-10H2,1-2H3,(H2,24,26)(H,27,28)/t19-/m1/s1. The predicted molar refractivity (Wildman–Crippen MR) is 113 cm³/mol. The predicted octanol–water partition coefficient (Wildman–Crippen LogP) is 4.19. The number of hydrogen-bond donors (Lipinski definition) is 2. The molecule has 0 saturated carbocycles. The number of carbonyl (C=O) groups is 1. The zero-order valence-corrected chi connectivity index (χ0v) is 17.8. The lowest BCUT2D eigenvalue weighted by atomic mass is 9.99. The number of nitrogens with zero attached hydrogens (tertiary/aromatic N) is 2. The second-order valence-corrected chi connectivity index (χ2v) is 8.57. The van der Waals surface area contributed by atoms with Crippen LogP contribution in [0.25, 0.3) is 0 Å². The summed E-state index contributed by atoms with van der Waals surface area (Å²) in [6.45, 7) is 0.805. The van der Waals surface area contributed by atoms with Crippen molar-refractivity contribution in [2.45, 2.75) is 18.1 Å². The molecule has 1 aromatic heterocycles. The van der Waals surface area contributed by atoms with E-state index >= 15 is 0 Å². The third-order valence-corrected chi connectivity index (χ3v) is 5.22. The number of nitrogens with two attached hydrogens (primary N) is 1. The highest BCUT2D eigenvalue weighted by Gasteiger charge is 2.30. The lowest BCUT2D eigenvalue weighted by Crippen LogP contribution is -2.33. The molecule has 0 aliphatic rings. The summed E-state index contributed by atoms with van der Waals surface area (Å²) in [4.78, 5) is 19.7. The third-order valence-electron chi connectivity index (χ3n) is 3.90. The first-order valence-corrected chi connectivity index (χ1v) is 9.81. The molecule has 162 valence electrons. The Bertz CT molecular complexity index is 931. The molecule has 0 spiro atoms. The van der Waals surface area contributed by atoms with Crippen molar-refractivity contribution < 1.29 is 22.7 Å². The summed E-state index contributed by atoms with van der Waals surface area (Å²) >= 11 is 6.73. The fourth-order valence-corrected chi connectivity index (χ4v) is 3.85. The van der Waals surface area contributed by atoms with E-state index in [-0.39, 0.29) is 35.1 Å². The number of hydrogen-bond acceptors (Lipinski definition) is 5. The molecule has 30 heavy (non-hydrogen) atoms. The second kappa shape index (κ2) is 10.6. The Kier molecular flexibility index (Phi) is 8.51. The van der Waals surface area contributed by atoms with Crippen LogP contribution in [0.5, 0.6) is 0 Å². The number of amides is 1. The van der Waals surface area contributed by atoms with Crippen LogP contribution in [0.15, 0.2) is 35.5 Å². The van der Waals surface area contributed by atoms with Crippen molar-refractivity contribution in [2.75, 3.05) is 25.8 Å². The molecule has 3 N–H and O–H groups in total. The maximum atomic E-state index is 14.5. The number of aromatic nitrogens is 1. The van der Waals surface area contributed by atoms with Crippen molar-refractivity contribution >= 4 is 40.1 Å². The summed E-state index contributed by atoms with van der Waals surface area (Å²) < 4.78 is 45.4. The lowest BCUT2D eigenvalue weighted by molar-refractivity contribution is 0.102. The Labute approximate surface area is 181 Å². The molecule has 0 saturated heterocycles. The van der Waals surface area contributed by atoms with Gasteiger partial charge in [0.25, 0.3) is 5.91 Å². The Balaban J connectivity index is 2.29. The first kappa shape index (κ1) is 24.0. The first-order chi connectivity index (χ1) is 14.2. The Hall–Kier alpha value is -2.30. The number of carbonyl (C=O) groups excluding carboxylic acids is 1. The zero-order valence-electron chi connectivity index (χ0n) is 16.2. The minimum Gasteiger partial charge on any atom is -0.383 e. The maximum absolute atomic E-state index is 14.5. The molecule has 1 aromatic carbocycles. The topological polar surface area (TPSA) is 89.6 Å². The van der Waals surface area contributed by atoms with Gasteiger partial charge in [-0.1, -0.05) is 23.4 Å². The van der Waals surface area contributed by atoms with Crippen LogP contribution in [0.3, 0.4) is 0 Å². The number of ether oxygens (including phenoxy) is 1. The third kappa shape index (κ3) is 6.61. The van der Waals surface area contributed by atoms with Gasteiger partial charge in [-0.3, -0.25) is 4.79 Å². The van der Waals surface area contributed by atoms with Crippen LogP contribution >= 0.6 is 23.4 Å². The molecule has 11 heteroatoms. The molecule has 1 atom stereocenters. The smallest absolute Gasteiger partial charge is 0.274 e. The Morgan fingerprint density at radius 3 is 2.73 bits per heavy atom. The summed E-state index contributed by atoms with van der Waals surface area (Å²) in [5.41, 5.74) is 5.75. The number of halogens is 4. The van der Waals surface area contributed by atoms with Crippen LogP contribution in [0.4, 0.5) is 18.9 Å². The van der Waals surface area contributed by atoms with Crippen molar-refractivity contribution in [3.05, 3.63) is 58.4 Å². The van der Waals surface area contributed by atoms with Gasteiger partial charge >= 0.3 is 0 Å². The van der Waals surface area contributed by atoms with Crippen molar-refractivity contribution in [1.82, 2.24) is 4.98 Å². The van der Waals surface area contributed by atoms with Crippen LogP contribution in [-0.2, 0) is 11.2 Å². The van der Waals surface area contributed by atoms with E-state index in [1.165, 1.54) is 31.5 Å². The normalized spacial score (nSPS) is 13.7. The minimum absolute atomic E-state index is 0.0190. The summed E-state index contributed by atoms with van der Waals surface area (Å²) in [5.74, 6) is -2.82. The number of rotatable bonds is 8. The van der Waals surface area contributed by atoms with Gasteiger partial charge < -0.3 is 15.8 Å². The zero-order chi connectivity index (χ0) is 22.3. The van der Waals surface area contributed by atoms with E-state index in [0.717, 1.165) is 17.8 Å². The number of alkyl halides is 1. The van der Waals surface area contributed by atoms with Crippen molar-refractivity contribution in [3.63, 3.8) is 0 Å². The average molecular weight is 461 g/mol. The fraction of sp³-hybridized carbons (Fsp3) is 0.316. The van der Waals surface area contributed by atoms with E-state index in [9.17, 15) is 18.0 Å². The number of thioether (sulfide) groups is 1. The van der Waals surface area contributed by atoms with Gasteiger partial charge in [-0.25, -0.2) is 23.1 Å². The number of anilines is 1. The van der Waals surface area contributed by atoms with E-state index in [2.05, 4.69) is 15.3 Å². The monoisotopic (exact) mass is 460 g/mol. The molecule has 2 rings (SSSR count). The van der Waals surface area contributed by atoms with Gasteiger partial charge in [0.2, 0.25) is 0 Å². The number of benzene rings is 1. The number of pyridine rings is 1. The fourth-order valence-electron chi connectivity index (χ4n) is 2.72. The summed E-state index contributed by atoms with van der Waals surface area (Å²) in [6.07, 6.45) is 1.27. The minimum atomic E-state index is -1.14. The van der Waals surface area contributed by atoms with Gasteiger partial charge in [0.1, 0.15) is 5.69 Å². The van der Waals surface area contributed by atoms with Crippen LogP contribution in [-0.4, -0.2) is 41.3 Å². The number of amidine groups is 1. The molecular formula is C19H20ClF3N4O2S. The average Bonchev–Trinajstić information content (AvgIpc) is 2.66. The molecule has 0 aliphatic carbocycles. The van der Waals surface area contributed by atoms with Gasteiger partial charge in [0, 0.05) is 29.8 Å². The first-order valence-electron chi connectivity index (χ1n) is 8.62. The highest BCUT2D eigenvalue weighted by Crippen LogP contribution is 2.32. The molecule has 0 unspecified atom stereocenters. The molecule has 0 fully saturated rings. The molecule has 1 heterocycles. The maximum Gasteiger partial charge on any atom is 0.274 e. The van der Waals surface area contributed by atoms with E-state index < -0.39 is 29.1 Å². The summed E-state index contributed by atoms with van der Waals surface area (Å²) in [7, 11) is 1.44. The highest BCUT2D eigenvalue weighted by atomic mass is 35.5. The van der Waals surface area contributed by atoms with Crippen molar-refractivity contribution in [1.29, 1.82) is 0 Å². The van der Waals surface area contributed by atoms with Crippen LogP contribution in [0, 0.1) is 11.6 Å². The molecular weight excluding hydrogens is 441 g/mol. The number of methoxy groups -OCH3 is 1. The molecule has 0 radical (unpaired) electrons. The summed E-state index contributed by atoms with van der Waals surface area (Å²) in [6, 6.07) is 5.06. The quantitative estimate of drug-likeness (QED) is 0.350. The van der Waals surface area contributed by atoms with E-state index in [1.807, 2.05) is 0 Å². The van der Waals surface area contributed by atoms with Gasteiger partial charge in [-0.15, -0.1) is 0 Å². The second-order valence-electron chi connectivity index (χ2n) is 6.52. The highest BCUT2D eigenvalue weighted by molar-refractivity contribution is 8.15. The van der Waals surface area contributed by atoms with E-state index in [4.69, 9.17) is 22.1 Å². The van der Waals surface area contributed by atoms with Crippen molar-refractivity contribution in [3.8, 4) is 0 Å². The SMILES string of the molecule is COC[C@@](C)(Cc1cc(NC(=O)c2ccc(Cl)cn2)cc(F)c1F)S/C(N)=N\CF. The molecule has 6 nitrogen and oxygen atoms in total. The largest absolute Gasteiger partial charge is 0.383 e. The van der Waals surface area contributed by atoms with Gasteiger partial charge in [-0.2, -0.15) is 0 Å². The summed E-state index contributed by atoms with van der Waals surface area (Å²) in [5, 5.41) is 2.79. The number of aliphatic imine (C=N–C) groups is 1.